The maximum absolute atomic E-state index is 12.6. The zero-order chi connectivity index (χ0) is 22.2. The summed E-state index contributed by atoms with van der Waals surface area (Å²) in [6, 6.07) is 8.39. The molecule has 0 saturated heterocycles. The van der Waals surface area contributed by atoms with Gasteiger partial charge in [-0.05, 0) is 55.3 Å². The summed E-state index contributed by atoms with van der Waals surface area (Å²) in [5, 5.41) is 8.71. The van der Waals surface area contributed by atoms with Gasteiger partial charge in [0.05, 0.1) is 6.10 Å². The van der Waals surface area contributed by atoms with Gasteiger partial charge in [0, 0.05) is 50.1 Å². The zero-order valence-corrected chi connectivity index (χ0v) is 19.8. The highest BCUT2D eigenvalue weighted by atomic mass is 32.1. The van der Waals surface area contributed by atoms with Crippen molar-refractivity contribution in [2.24, 2.45) is 4.99 Å². The van der Waals surface area contributed by atoms with Crippen molar-refractivity contribution in [1.82, 2.24) is 15.5 Å². The van der Waals surface area contributed by atoms with Crippen molar-refractivity contribution in [3.05, 3.63) is 51.2 Å². The molecule has 0 saturated carbocycles. The van der Waals surface area contributed by atoms with Crippen molar-refractivity contribution < 1.29 is 9.53 Å². The number of carbonyl (C=O) groups is 1. The van der Waals surface area contributed by atoms with Crippen LogP contribution in [0.25, 0.3) is 0 Å². The molecule has 0 radical (unpaired) electrons. The molecular weight excluding hydrogens is 408 g/mol. The van der Waals surface area contributed by atoms with Crippen LogP contribution in [0.4, 0.5) is 0 Å². The average Bonchev–Trinajstić information content (AvgIpc) is 3.24. The third-order valence-corrected chi connectivity index (χ3v) is 6.61. The Kier molecular flexibility index (Phi) is 8.35. The highest BCUT2D eigenvalue weighted by Gasteiger charge is 2.21. The van der Waals surface area contributed by atoms with Crippen LogP contribution in [-0.4, -0.2) is 43.0 Å². The summed E-state index contributed by atoms with van der Waals surface area (Å²) < 4.78 is 6.09. The second kappa shape index (κ2) is 11.2. The molecule has 1 aromatic heterocycles. The SMILES string of the molecule is CCC(C)Oc1cc(C)ccc1CNC(=NC)NCCC(=O)N1CCc2sccc2C1. The molecule has 2 heterocycles. The lowest BCUT2D eigenvalue weighted by molar-refractivity contribution is -0.131. The predicted molar refractivity (Wildman–Crippen MR) is 128 cm³/mol. The summed E-state index contributed by atoms with van der Waals surface area (Å²) in [5.74, 6) is 1.77. The first kappa shape index (κ1) is 23.1. The highest BCUT2D eigenvalue weighted by Crippen LogP contribution is 2.24. The third kappa shape index (κ3) is 6.47. The predicted octanol–water partition coefficient (Wildman–Crippen LogP) is 3.87. The number of carbonyl (C=O) groups excluding carboxylic acids is 1. The fourth-order valence-electron chi connectivity index (χ4n) is 3.52. The molecule has 0 bridgehead atoms. The highest BCUT2D eigenvalue weighted by molar-refractivity contribution is 7.10. The van der Waals surface area contributed by atoms with Gasteiger partial charge < -0.3 is 20.3 Å². The number of benzene rings is 1. The van der Waals surface area contributed by atoms with E-state index in [0.29, 0.717) is 25.5 Å². The fraction of sp³-hybridized carbons (Fsp3) is 0.500. The summed E-state index contributed by atoms with van der Waals surface area (Å²) in [6.07, 6.45) is 2.55. The van der Waals surface area contributed by atoms with Gasteiger partial charge >= 0.3 is 0 Å². The lowest BCUT2D eigenvalue weighted by Crippen LogP contribution is -2.40. The van der Waals surface area contributed by atoms with E-state index >= 15 is 0 Å². The van der Waals surface area contributed by atoms with Crippen LogP contribution < -0.4 is 15.4 Å². The maximum Gasteiger partial charge on any atom is 0.224 e. The van der Waals surface area contributed by atoms with Crippen molar-refractivity contribution in [3.63, 3.8) is 0 Å². The number of nitrogens with one attached hydrogen (secondary N) is 2. The van der Waals surface area contributed by atoms with Crippen LogP contribution in [0, 0.1) is 6.92 Å². The monoisotopic (exact) mass is 442 g/mol. The Hall–Kier alpha value is -2.54. The number of hydrogen-bond acceptors (Lipinski definition) is 4. The number of ether oxygens (including phenoxy) is 1. The van der Waals surface area contributed by atoms with E-state index in [1.165, 1.54) is 16.0 Å². The van der Waals surface area contributed by atoms with Gasteiger partial charge in [-0.3, -0.25) is 9.79 Å². The van der Waals surface area contributed by atoms with Gasteiger partial charge in [0.1, 0.15) is 5.75 Å². The Morgan fingerprint density at radius 3 is 2.94 bits per heavy atom. The summed E-state index contributed by atoms with van der Waals surface area (Å²) >= 11 is 1.79. The Bertz CT molecular complexity index is 909. The third-order valence-electron chi connectivity index (χ3n) is 5.59. The molecule has 6 nitrogen and oxygen atoms in total. The first-order chi connectivity index (χ1) is 15.0. The number of thiophene rings is 1. The van der Waals surface area contributed by atoms with Crippen LogP contribution in [0.5, 0.6) is 5.75 Å². The van der Waals surface area contributed by atoms with Crippen molar-refractivity contribution in [2.75, 3.05) is 20.1 Å². The molecule has 2 aromatic rings. The Labute approximate surface area is 189 Å². The van der Waals surface area contributed by atoms with Gasteiger partial charge in [0.2, 0.25) is 5.91 Å². The second-order valence-electron chi connectivity index (χ2n) is 7.98. The quantitative estimate of drug-likeness (QED) is 0.481. The maximum atomic E-state index is 12.6. The number of nitrogens with zero attached hydrogens (tertiary/aromatic N) is 2. The minimum absolute atomic E-state index is 0.170. The van der Waals surface area contributed by atoms with Crippen molar-refractivity contribution >= 4 is 23.2 Å². The Morgan fingerprint density at radius 1 is 1.32 bits per heavy atom. The van der Waals surface area contributed by atoms with Gasteiger partial charge in [-0.2, -0.15) is 0 Å². The molecule has 1 aliphatic rings. The Balaban J connectivity index is 1.46. The van der Waals surface area contributed by atoms with E-state index in [-0.39, 0.29) is 12.0 Å². The zero-order valence-electron chi connectivity index (χ0n) is 19.0. The van der Waals surface area contributed by atoms with E-state index in [1.54, 1.807) is 18.4 Å². The first-order valence-electron chi connectivity index (χ1n) is 11.0. The number of fused-ring (bicyclic) bond motifs is 1. The molecule has 0 spiro atoms. The number of aryl methyl sites for hydroxylation is 1. The number of aliphatic imine (C=N–C) groups is 1. The molecule has 7 heteroatoms. The summed E-state index contributed by atoms with van der Waals surface area (Å²) in [5.41, 5.74) is 3.56. The second-order valence-corrected chi connectivity index (χ2v) is 8.99. The number of amides is 1. The van der Waals surface area contributed by atoms with Crippen LogP contribution in [0.15, 0.2) is 34.6 Å². The van der Waals surface area contributed by atoms with Crippen LogP contribution in [-0.2, 0) is 24.3 Å². The van der Waals surface area contributed by atoms with Gasteiger partial charge in [-0.25, -0.2) is 0 Å². The lowest BCUT2D eigenvalue weighted by Gasteiger charge is -2.27. The summed E-state index contributed by atoms with van der Waals surface area (Å²) in [4.78, 5) is 20.3. The van der Waals surface area contributed by atoms with Gasteiger partial charge in [0.15, 0.2) is 5.96 Å². The molecule has 1 aliphatic heterocycles. The largest absolute Gasteiger partial charge is 0.490 e. The van der Waals surface area contributed by atoms with E-state index in [1.807, 2.05) is 4.90 Å². The van der Waals surface area contributed by atoms with E-state index in [9.17, 15) is 4.79 Å². The minimum atomic E-state index is 0.170. The number of hydrogen-bond donors (Lipinski definition) is 2. The molecule has 1 amide bonds. The molecule has 0 fully saturated rings. The molecule has 1 aromatic carbocycles. The molecule has 0 aliphatic carbocycles. The summed E-state index contributed by atoms with van der Waals surface area (Å²) in [6.45, 7) is 8.97. The minimum Gasteiger partial charge on any atom is -0.490 e. The summed E-state index contributed by atoms with van der Waals surface area (Å²) in [7, 11) is 1.74. The smallest absolute Gasteiger partial charge is 0.224 e. The lowest BCUT2D eigenvalue weighted by atomic mass is 10.1. The van der Waals surface area contributed by atoms with E-state index in [0.717, 1.165) is 37.2 Å². The molecule has 1 unspecified atom stereocenters. The number of guanidine groups is 1. The molecule has 1 atom stereocenters. The van der Waals surface area contributed by atoms with Gasteiger partial charge in [-0.15, -0.1) is 11.3 Å². The van der Waals surface area contributed by atoms with E-state index in [2.05, 4.69) is 66.0 Å². The van der Waals surface area contributed by atoms with Crippen molar-refractivity contribution in [1.29, 1.82) is 0 Å². The van der Waals surface area contributed by atoms with Gasteiger partial charge in [-0.1, -0.05) is 19.1 Å². The van der Waals surface area contributed by atoms with Crippen LogP contribution in [0.1, 0.15) is 48.3 Å². The van der Waals surface area contributed by atoms with Crippen molar-refractivity contribution in [2.45, 2.75) is 59.2 Å². The molecule has 31 heavy (non-hydrogen) atoms. The van der Waals surface area contributed by atoms with Crippen molar-refractivity contribution in [3.8, 4) is 5.75 Å². The van der Waals surface area contributed by atoms with E-state index in [4.69, 9.17) is 4.74 Å². The first-order valence-corrected chi connectivity index (χ1v) is 11.9. The molecular formula is C24H34N4O2S. The van der Waals surface area contributed by atoms with Gasteiger partial charge in [0.25, 0.3) is 0 Å². The Morgan fingerprint density at radius 2 is 2.16 bits per heavy atom. The van der Waals surface area contributed by atoms with E-state index < -0.39 is 0 Å². The topological polar surface area (TPSA) is 66.0 Å². The number of rotatable bonds is 8. The normalized spacial score (nSPS) is 14.7. The molecule has 2 N–H and O–H groups in total. The van der Waals surface area contributed by atoms with Crippen LogP contribution in [0.3, 0.4) is 0 Å². The molecule has 168 valence electrons. The van der Waals surface area contributed by atoms with Crippen LogP contribution in [0.2, 0.25) is 0 Å². The average molecular weight is 443 g/mol. The molecule has 3 rings (SSSR count). The van der Waals surface area contributed by atoms with Crippen LogP contribution >= 0.6 is 11.3 Å². The standard InChI is InChI=1S/C24H34N4O2S/c1-5-18(3)30-21-14-17(2)6-7-19(21)15-27-24(25-4)26-11-8-23(29)28-12-9-22-20(16-28)10-13-31-22/h6-7,10,13-14,18H,5,8-9,11-12,15-16H2,1-4H3,(H2,25,26,27). The fourth-order valence-corrected chi connectivity index (χ4v) is 4.41.